The van der Waals surface area contributed by atoms with Crippen molar-refractivity contribution in [3.63, 3.8) is 0 Å². The summed E-state index contributed by atoms with van der Waals surface area (Å²) in [5.74, 6) is -1.36. The summed E-state index contributed by atoms with van der Waals surface area (Å²) in [6, 6.07) is -0.212. The van der Waals surface area contributed by atoms with Gasteiger partial charge in [0.25, 0.3) is 0 Å². The van der Waals surface area contributed by atoms with Crippen LogP contribution in [0.5, 0.6) is 0 Å². The molecule has 1 saturated carbocycles. The first-order valence-corrected chi connectivity index (χ1v) is 16.1. The molecule has 234 valence electrons. The zero-order chi connectivity index (χ0) is 30.6. The summed E-state index contributed by atoms with van der Waals surface area (Å²) >= 11 is 6.23. The lowest BCUT2D eigenvalue weighted by Crippen LogP contribution is -2.42. The van der Waals surface area contributed by atoms with E-state index in [4.69, 9.17) is 25.8 Å². The van der Waals surface area contributed by atoms with E-state index < -0.39 is 62.4 Å². The zero-order valence-electron chi connectivity index (χ0n) is 23.6. The number of hydrogen-bond donors (Lipinski definition) is 6. The molecular weight excluding hydrogens is 595 g/mol. The van der Waals surface area contributed by atoms with Gasteiger partial charge in [0.1, 0.15) is 48.2 Å². The Hall–Kier alpha value is -2.36. The Bertz CT molecular complexity index is 1310. The quantitative estimate of drug-likeness (QED) is 0.0998. The van der Waals surface area contributed by atoms with Gasteiger partial charge in [-0.05, 0) is 51.3 Å². The van der Waals surface area contributed by atoms with Crippen molar-refractivity contribution < 1.29 is 43.7 Å². The molecule has 2 fully saturated rings. The number of aromatic nitrogens is 3. The van der Waals surface area contributed by atoms with E-state index in [1.54, 1.807) is 23.8 Å². The van der Waals surface area contributed by atoms with E-state index in [1.165, 1.54) is 13.8 Å². The highest BCUT2D eigenvalue weighted by Crippen LogP contribution is 2.39. The molecule has 0 bridgehead atoms. The third-order valence-electron chi connectivity index (χ3n) is 7.22. The summed E-state index contributed by atoms with van der Waals surface area (Å²) in [5.41, 5.74) is 0.404. The number of nitrogens with one attached hydrogen (secondary N) is 3. The van der Waals surface area contributed by atoms with E-state index >= 15 is 0 Å². The molecule has 15 nitrogen and oxygen atoms in total. The van der Waals surface area contributed by atoms with Crippen LogP contribution in [0.3, 0.4) is 0 Å². The Kier molecular flexibility index (Phi) is 10.8. The number of carbonyl (C=O) groups excluding carboxylic acids is 1. The third kappa shape index (κ3) is 7.58. The number of rotatable bonds is 14. The van der Waals surface area contributed by atoms with Crippen molar-refractivity contribution in [1.82, 2.24) is 24.7 Å². The van der Waals surface area contributed by atoms with Crippen molar-refractivity contribution in [1.29, 1.82) is 0 Å². The van der Waals surface area contributed by atoms with Gasteiger partial charge < -0.3 is 39.4 Å². The summed E-state index contributed by atoms with van der Waals surface area (Å²) in [6.07, 6.45) is 0.598. The standard InChI is InChI=1S/C25H38ClN6O9P/c1-4-40-24(37)14(3)31-42(38,30-13(2)23(35)36)12-39-11-17-18(33)19(34)22(41-17)32-10-9-16-20(27-15-7-5-6-8-15)28-25(26)29-21(16)32/h9-10,13-15,17-19,22,33-34H,4-8,11-12H2,1-3H3,(H,35,36)(H,27,28,29)(H2,30,31,38)/t13?,14?,17-,18-,19-,22-,42?/m1/s1. The number of nitrogens with zero attached hydrogens (tertiary/aromatic N) is 3. The molecule has 6 N–H and O–H groups in total. The van der Waals surface area contributed by atoms with Gasteiger partial charge in [0, 0.05) is 12.2 Å². The van der Waals surface area contributed by atoms with Crippen LogP contribution in [0.4, 0.5) is 5.82 Å². The van der Waals surface area contributed by atoms with Crippen molar-refractivity contribution in [2.24, 2.45) is 0 Å². The largest absolute Gasteiger partial charge is 0.480 e. The molecular formula is C25H38ClN6O9P. The maximum atomic E-state index is 13.5. The van der Waals surface area contributed by atoms with Gasteiger partial charge in [0.2, 0.25) is 12.7 Å². The Morgan fingerprint density at radius 1 is 1.19 bits per heavy atom. The predicted molar refractivity (Wildman–Crippen MR) is 152 cm³/mol. The molecule has 1 aliphatic heterocycles. The third-order valence-corrected chi connectivity index (χ3v) is 9.55. The molecule has 3 unspecified atom stereocenters. The maximum Gasteiger partial charge on any atom is 0.323 e. The van der Waals surface area contributed by atoms with Crippen molar-refractivity contribution in [3.8, 4) is 0 Å². The normalized spacial score (nSPS) is 25.8. The molecule has 0 radical (unpaired) electrons. The molecule has 17 heteroatoms. The van der Waals surface area contributed by atoms with Crippen molar-refractivity contribution >= 4 is 47.8 Å². The number of fused-ring (bicyclic) bond motifs is 1. The summed E-state index contributed by atoms with van der Waals surface area (Å²) < 4.78 is 31.6. The number of esters is 1. The average Bonchev–Trinajstić information content (AvgIpc) is 3.65. The van der Waals surface area contributed by atoms with E-state index in [-0.39, 0.29) is 24.5 Å². The van der Waals surface area contributed by atoms with Crippen LogP contribution in [0.25, 0.3) is 11.0 Å². The Morgan fingerprint density at radius 2 is 1.88 bits per heavy atom. The minimum atomic E-state index is -3.82. The fourth-order valence-corrected chi connectivity index (χ4v) is 7.31. The number of aliphatic hydroxyl groups is 2. The summed E-state index contributed by atoms with van der Waals surface area (Å²) in [6.45, 7) is 4.15. The van der Waals surface area contributed by atoms with Crippen LogP contribution in [-0.2, 0) is 28.4 Å². The molecule has 1 aliphatic carbocycles. The number of halogens is 1. The number of anilines is 1. The van der Waals surface area contributed by atoms with Crippen LogP contribution in [0.2, 0.25) is 5.28 Å². The van der Waals surface area contributed by atoms with Crippen LogP contribution < -0.4 is 15.5 Å². The number of aliphatic hydroxyl groups excluding tert-OH is 2. The highest BCUT2D eigenvalue weighted by molar-refractivity contribution is 7.59. The van der Waals surface area contributed by atoms with Gasteiger partial charge in [-0.2, -0.15) is 4.98 Å². The SMILES string of the molecule is CCOC(=O)C(C)NP(=O)(COC[C@H]1O[C@@H](n2ccc3c(NC4CCCC4)nc(Cl)nc32)[C@H](O)[C@@H]1O)NC(C)C(=O)O. The second-order valence-corrected chi connectivity index (χ2v) is 13.1. The molecule has 0 spiro atoms. The number of ether oxygens (including phenoxy) is 3. The molecule has 2 aliphatic rings. The Balaban J connectivity index is 1.45. The van der Waals surface area contributed by atoms with Gasteiger partial charge in [-0.25, -0.2) is 15.2 Å². The fourth-order valence-electron chi connectivity index (χ4n) is 5.09. The molecule has 42 heavy (non-hydrogen) atoms. The first-order chi connectivity index (χ1) is 19.9. The Morgan fingerprint density at radius 3 is 2.55 bits per heavy atom. The van der Waals surface area contributed by atoms with Gasteiger partial charge in [-0.3, -0.25) is 14.2 Å². The van der Waals surface area contributed by atoms with Crippen LogP contribution >= 0.6 is 19.0 Å². The van der Waals surface area contributed by atoms with E-state index in [0.717, 1.165) is 25.7 Å². The van der Waals surface area contributed by atoms with E-state index in [0.29, 0.717) is 16.9 Å². The van der Waals surface area contributed by atoms with E-state index in [2.05, 4.69) is 25.5 Å². The van der Waals surface area contributed by atoms with Gasteiger partial charge in [-0.15, -0.1) is 0 Å². The van der Waals surface area contributed by atoms with E-state index in [9.17, 15) is 29.5 Å². The smallest absolute Gasteiger partial charge is 0.323 e. The molecule has 0 amide bonds. The first kappa shape index (κ1) is 32.6. The summed E-state index contributed by atoms with van der Waals surface area (Å²) in [5, 5.41) is 40.1. The molecule has 2 aromatic rings. The molecule has 4 rings (SSSR count). The predicted octanol–water partition coefficient (Wildman–Crippen LogP) is 1.83. The van der Waals surface area contributed by atoms with E-state index in [1.807, 2.05) is 0 Å². The number of carbonyl (C=O) groups is 2. The number of hydrogen-bond acceptors (Lipinski definition) is 11. The first-order valence-electron chi connectivity index (χ1n) is 13.9. The van der Waals surface area contributed by atoms with Gasteiger partial charge in [0.05, 0.1) is 18.6 Å². The lowest BCUT2D eigenvalue weighted by Gasteiger charge is -2.26. The highest BCUT2D eigenvalue weighted by atomic mass is 35.5. The van der Waals surface area contributed by atoms with Gasteiger partial charge in [0.15, 0.2) is 6.23 Å². The number of carboxylic acid groups (broad SMARTS) is 1. The van der Waals surface area contributed by atoms with Gasteiger partial charge >= 0.3 is 11.9 Å². The highest BCUT2D eigenvalue weighted by Gasteiger charge is 2.45. The molecule has 3 heterocycles. The minimum absolute atomic E-state index is 0.0132. The van der Waals surface area contributed by atoms with Crippen LogP contribution in [0.15, 0.2) is 12.3 Å². The summed E-state index contributed by atoms with van der Waals surface area (Å²) in [4.78, 5) is 32.1. The van der Waals surface area contributed by atoms with Crippen LogP contribution in [0, 0.1) is 0 Å². The average molecular weight is 633 g/mol. The second kappa shape index (κ2) is 14.0. The molecule has 7 atom stereocenters. The zero-order valence-corrected chi connectivity index (χ0v) is 25.3. The van der Waals surface area contributed by atoms with Crippen molar-refractivity contribution in [3.05, 3.63) is 17.5 Å². The monoisotopic (exact) mass is 632 g/mol. The lowest BCUT2D eigenvalue weighted by atomic mass is 10.1. The van der Waals surface area contributed by atoms with Gasteiger partial charge in [-0.1, -0.05) is 12.8 Å². The minimum Gasteiger partial charge on any atom is -0.480 e. The fraction of sp³-hybridized carbons (Fsp3) is 0.680. The molecule has 1 saturated heterocycles. The maximum absolute atomic E-state index is 13.5. The van der Waals surface area contributed by atoms with Crippen molar-refractivity contribution in [2.45, 2.75) is 89.1 Å². The number of aliphatic carboxylic acids is 1. The molecule has 0 aromatic carbocycles. The van der Waals surface area contributed by atoms with Crippen LogP contribution in [0.1, 0.15) is 52.7 Å². The second-order valence-electron chi connectivity index (χ2n) is 10.5. The lowest BCUT2D eigenvalue weighted by molar-refractivity contribution is -0.144. The Labute approximate surface area is 247 Å². The molecule has 2 aromatic heterocycles. The number of carboxylic acids is 1. The topological polar surface area (TPSA) is 206 Å². The summed E-state index contributed by atoms with van der Waals surface area (Å²) in [7, 11) is -3.82. The van der Waals surface area contributed by atoms with Crippen LogP contribution in [-0.4, -0.2) is 97.8 Å². The van der Waals surface area contributed by atoms with Crippen molar-refractivity contribution in [2.75, 3.05) is 24.9 Å².